The van der Waals surface area contributed by atoms with Crippen LogP contribution in [0.1, 0.15) is 50.0 Å². The molecule has 0 atom stereocenters. The van der Waals surface area contributed by atoms with E-state index in [1.54, 1.807) is 24.3 Å². The van der Waals surface area contributed by atoms with Crippen LogP contribution in [0.2, 0.25) is 0 Å². The lowest BCUT2D eigenvalue weighted by Gasteiger charge is -2.25. The summed E-state index contributed by atoms with van der Waals surface area (Å²) in [6.07, 6.45) is 7.39. The maximum atomic E-state index is 11.8. The summed E-state index contributed by atoms with van der Waals surface area (Å²) in [5, 5.41) is 16.9. The van der Waals surface area contributed by atoms with Gasteiger partial charge in [0.1, 0.15) is 0 Å². The summed E-state index contributed by atoms with van der Waals surface area (Å²) in [5.41, 5.74) is 2.47. The summed E-state index contributed by atoms with van der Waals surface area (Å²) >= 11 is 0. The molecule has 31 heavy (non-hydrogen) atoms. The highest BCUT2D eigenvalue weighted by Crippen LogP contribution is 2.42. The predicted molar refractivity (Wildman–Crippen MR) is 114 cm³/mol. The molecule has 0 unspecified atom stereocenters. The minimum Gasteiger partial charge on any atom is -0.314 e. The molecule has 168 valence electrons. The number of carbonyl (C=O) groups excluding carboxylic acids is 1. The molecule has 0 saturated heterocycles. The van der Waals surface area contributed by atoms with Crippen LogP contribution in [0.3, 0.4) is 0 Å². The Morgan fingerprint density at radius 2 is 1.94 bits per heavy atom. The van der Waals surface area contributed by atoms with Gasteiger partial charge in [-0.3, -0.25) is 14.8 Å². The fourth-order valence-corrected chi connectivity index (χ4v) is 4.64. The average molecular weight is 451 g/mol. The average Bonchev–Trinajstić information content (AvgIpc) is 3.18. The molecular formula is C20H26N4O6S. The summed E-state index contributed by atoms with van der Waals surface area (Å²) in [6, 6.07) is 6.58. The van der Waals surface area contributed by atoms with E-state index < -0.39 is 14.9 Å². The maximum Gasteiger partial charge on any atom is 0.294 e. The fourth-order valence-electron chi connectivity index (χ4n) is 4.01. The molecule has 1 saturated carbocycles. The number of nitrogens with one attached hydrogen (secondary N) is 1. The lowest BCUT2D eigenvalue weighted by Crippen LogP contribution is -2.26. The van der Waals surface area contributed by atoms with Crippen LogP contribution >= 0.6 is 0 Å². The van der Waals surface area contributed by atoms with Crippen LogP contribution in [0.25, 0.3) is 11.3 Å². The molecule has 0 bridgehead atoms. The van der Waals surface area contributed by atoms with Gasteiger partial charge in [-0.25, -0.2) is 8.42 Å². The number of rotatable bonds is 10. The summed E-state index contributed by atoms with van der Waals surface area (Å²) in [4.78, 5) is 28.1. The van der Waals surface area contributed by atoms with Gasteiger partial charge in [0.15, 0.2) is 15.7 Å². The number of aromatic nitrogens is 2. The Bertz CT molecular complexity index is 1010. The minimum atomic E-state index is -3.30. The van der Waals surface area contributed by atoms with Crippen molar-refractivity contribution in [2.45, 2.75) is 49.3 Å². The monoisotopic (exact) mass is 450 g/mol. The number of nitrogens with zero attached hydrogens (tertiary/aromatic N) is 3. The lowest BCUT2D eigenvalue weighted by molar-refractivity contribution is -0.757. The van der Waals surface area contributed by atoms with E-state index >= 15 is 0 Å². The zero-order valence-corrected chi connectivity index (χ0v) is 18.1. The Morgan fingerprint density at radius 3 is 2.52 bits per heavy atom. The molecule has 1 amide bonds. The van der Waals surface area contributed by atoms with Gasteiger partial charge in [-0.15, -0.1) is 10.1 Å². The third kappa shape index (κ3) is 5.60. The predicted octanol–water partition coefficient (Wildman–Crippen LogP) is 3.09. The normalized spacial score (nSPS) is 14.9. The van der Waals surface area contributed by atoms with Crippen LogP contribution in [0, 0.1) is 10.1 Å². The Kier molecular flexibility index (Phi) is 7.26. The van der Waals surface area contributed by atoms with Gasteiger partial charge in [-0.1, -0.05) is 31.4 Å². The smallest absolute Gasteiger partial charge is 0.294 e. The van der Waals surface area contributed by atoms with Crippen LogP contribution in [0.5, 0.6) is 0 Å². The van der Waals surface area contributed by atoms with E-state index in [1.165, 1.54) is 4.90 Å². The number of carbonyl (C=O) groups is 1. The van der Waals surface area contributed by atoms with Gasteiger partial charge in [0.05, 0.1) is 17.2 Å². The quantitative estimate of drug-likeness (QED) is 0.254. The lowest BCUT2D eigenvalue weighted by atomic mass is 9.82. The summed E-state index contributed by atoms with van der Waals surface area (Å²) in [6.45, 7) is 0.120. The van der Waals surface area contributed by atoms with Crippen molar-refractivity contribution in [2.24, 2.45) is 0 Å². The number of aromatic amines is 1. The highest BCUT2D eigenvalue weighted by atomic mass is 32.2. The largest absolute Gasteiger partial charge is 0.314 e. The molecule has 0 radical (unpaired) electrons. The summed E-state index contributed by atoms with van der Waals surface area (Å²) < 4.78 is 23.6. The van der Waals surface area contributed by atoms with E-state index in [2.05, 4.69) is 15.0 Å². The SMILES string of the molecule is CS(=O)(=O)c1ccc(-c2[nH]nc(N(C=O)CCCO[N+](=O)[O-])c2C2CCCCC2)cc1. The second-order valence-corrected chi connectivity index (χ2v) is 9.69. The number of anilines is 1. The van der Waals surface area contributed by atoms with Gasteiger partial charge in [0, 0.05) is 18.4 Å². The minimum absolute atomic E-state index is 0.111. The maximum absolute atomic E-state index is 11.8. The second-order valence-electron chi connectivity index (χ2n) is 7.68. The molecule has 11 heteroatoms. The first-order valence-corrected chi connectivity index (χ1v) is 12.1. The molecule has 1 aliphatic rings. The van der Waals surface area contributed by atoms with Crippen LogP contribution in [0.15, 0.2) is 29.2 Å². The van der Waals surface area contributed by atoms with Crippen molar-refractivity contribution in [2.75, 3.05) is 24.3 Å². The molecule has 0 spiro atoms. The molecule has 1 aliphatic carbocycles. The topological polar surface area (TPSA) is 136 Å². The Hall–Kier alpha value is -2.95. The van der Waals surface area contributed by atoms with E-state index in [0.29, 0.717) is 12.2 Å². The molecule has 3 rings (SSSR count). The Balaban J connectivity index is 1.93. The molecular weight excluding hydrogens is 424 g/mol. The Morgan fingerprint density at radius 1 is 1.26 bits per heavy atom. The molecule has 1 N–H and O–H groups in total. The molecule has 0 aliphatic heterocycles. The first kappa shape index (κ1) is 22.7. The number of hydrogen-bond acceptors (Lipinski definition) is 7. The van der Waals surface area contributed by atoms with Crippen molar-refractivity contribution in [3.8, 4) is 11.3 Å². The van der Waals surface area contributed by atoms with E-state index in [4.69, 9.17) is 0 Å². The van der Waals surface area contributed by atoms with Crippen LogP contribution in [-0.4, -0.2) is 49.5 Å². The number of amides is 1. The number of hydrogen-bond donors (Lipinski definition) is 1. The van der Waals surface area contributed by atoms with E-state index in [-0.39, 0.29) is 30.4 Å². The van der Waals surface area contributed by atoms with Gasteiger partial charge in [-0.2, -0.15) is 5.10 Å². The molecule has 1 aromatic heterocycles. The molecule has 1 fully saturated rings. The highest BCUT2D eigenvalue weighted by molar-refractivity contribution is 7.90. The van der Waals surface area contributed by atoms with Gasteiger partial charge in [0.25, 0.3) is 5.09 Å². The zero-order chi connectivity index (χ0) is 22.4. The Labute approximate surface area is 180 Å². The van der Waals surface area contributed by atoms with Crippen molar-refractivity contribution in [3.63, 3.8) is 0 Å². The number of H-pyrrole nitrogens is 1. The van der Waals surface area contributed by atoms with Crippen molar-refractivity contribution in [1.82, 2.24) is 10.2 Å². The standard InChI is InChI=1S/C20H26N4O6S/c1-31(28,29)17-10-8-16(9-11-17)19-18(15-6-3-2-4-7-15)20(22-21-19)23(14-25)12-5-13-30-24(26)27/h8-11,14-15H,2-7,12-13H2,1H3,(H,21,22). The molecule has 1 aromatic carbocycles. The number of sulfone groups is 1. The van der Waals surface area contributed by atoms with E-state index in [9.17, 15) is 23.3 Å². The van der Waals surface area contributed by atoms with Gasteiger partial charge in [0.2, 0.25) is 6.41 Å². The first-order valence-electron chi connectivity index (χ1n) is 10.2. The second kappa shape index (κ2) is 9.90. The third-order valence-corrected chi connectivity index (χ3v) is 6.64. The summed E-state index contributed by atoms with van der Waals surface area (Å²) in [5.74, 6) is 0.717. The van der Waals surface area contributed by atoms with E-state index in [1.807, 2.05) is 0 Å². The molecule has 10 nitrogen and oxygen atoms in total. The molecule has 1 heterocycles. The van der Waals surface area contributed by atoms with Crippen molar-refractivity contribution >= 4 is 22.1 Å². The highest BCUT2D eigenvalue weighted by Gasteiger charge is 2.28. The van der Waals surface area contributed by atoms with Crippen molar-refractivity contribution in [3.05, 3.63) is 39.9 Å². The first-order chi connectivity index (χ1) is 14.8. The van der Waals surface area contributed by atoms with Crippen LogP contribution in [-0.2, 0) is 19.5 Å². The van der Waals surface area contributed by atoms with Crippen molar-refractivity contribution in [1.29, 1.82) is 0 Å². The van der Waals surface area contributed by atoms with Crippen molar-refractivity contribution < 1.29 is 23.1 Å². The fraction of sp³-hybridized carbons (Fsp3) is 0.500. The van der Waals surface area contributed by atoms with Crippen LogP contribution in [0.4, 0.5) is 5.82 Å². The third-order valence-electron chi connectivity index (χ3n) is 5.51. The van der Waals surface area contributed by atoms with Crippen LogP contribution < -0.4 is 4.90 Å². The zero-order valence-electron chi connectivity index (χ0n) is 17.3. The molecule has 2 aromatic rings. The van der Waals surface area contributed by atoms with E-state index in [0.717, 1.165) is 55.2 Å². The summed E-state index contributed by atoms with van der Waals surface area (Å²) in [7, 11) is -3.30. The van der Waals surface area contributed by atoms with Gasteiger partial charge < -0.3 is 4.84 Å². The van der Waals surface area contributed by atoms with Gasteiger partial charge >= 0.3 is 0 Å². The van der Waals surface area contributed by atoms with Gasteiger partial charge in [-0.05, 0) is 42.9 Å². The number of benzene rings is 1.